The third-order valence-electron chi connectivity index (χ3n) is 0. The Kier molecular flexibility index (Phi) is 14.1. The molecule has 7 heavy (non-hydrogen) atoms. The Morgan fingerprint density at radius 2 is 1.71 bits per heavy atom. The van der Waals surface area contributed by atoms with E-state index in [2.05, 4.69) is 0 Å². The van der Waals surface area contributed by atoms with Crippen LogP contribution in [0.5, 0.6) is 0 Å². The molecule has 0 unspecified atom stereocenters. The van der Waals surface area contributed by atoms with Crippen LogP contribution in [-0.4, -0.2) is 13.3 Å². The van der Waals surface area contributed by atoms with Gasteiger partial charge in [0.05, 0.1) is 0 Å². The molecule has 0 aromatic carbocycles. The molecule has 0 aliphatic carbocycles. The van der Waals surface area contributed by atoms with Crippen LogP contribution in [0.4, 0.5) is 0 Å². The molecule has 2 N–H and O–H groups in total. The van der Waals surface area contributed by atoms with Gasteiger partial charge in [0.25, 0.3) is 11.4 Å². The van der Waals surface area contributed by atoms with Crippen molar-refractivity contribution in [3.05, 3.63) is 0 Å². The second-order valence-electron chi connectivity index (χ2n) is 0.298. The van der Waals surface area contributed by atoms with Gasteiger partial charge in [-0.15, -0.1) is 0 Å². The van der Waals surface area contributed by atoms with Gasteiger partial charge in [0.15, 0.2) is 0 Å². The third-order valence-corrected chi connectivity index (χ3v) is 0. The largest absolute Gasteiger partial charge is 0.299 e. The molecule has 6 heteroatoms. The zero-order chi connectivity index (χ0) is 6.28. The van der Waals surface area contributed by atoms with Gasteiger partial charge < -0.3 is 0 Å². The molecule has 0 spiro atoms. The Labute approximate surface area is 55.6 Å². The Bertz CT molecular complexity index is 83.4. The first-order chi connectivity index (χ1) is 3.15. The molecule has 0 saturated carbocycles. The van der Waals surface area contributed by atoms with E-state index >= 15 is 0 Å². The average molecular weight is 305 g/mol. The van der Waals surface area contributed by atoms with Crippen molar-refractivity contribution in [2.75, 3.05) is 0 Å². The molecule has 4 nitrogen and oxygen atoms in total. The molecular weight excluding hydrogens is 303 g/mol. The standard InChI is InChI=1S/CN.Au.H2O3S/c1-2;;1-4(2)3/h;;(H2,1,2,3). The van der Waals surface area contributed by atoms with Gasteiger partial charge in [-0.05, 0) is 0 Å². The van der Waals surface area contributed by atoms with Crippen LogP contribution in [0.15, 0.2) is 0 Å². The molecular formula is CH2AuNO3S. The van der Waals surface area contributed by atoms with Crippen LogP contribution in [0.3, 0.4) is 0 Å². The van der Waals surface area contributed by atoms with Crippen LogP contribution in [0.2, 0.25) is 0 Å². The summed E-state index contributed by atoms with van der Waals surface area (Å²) in [5, 5.41) is 7.29. The minimum absolute atomic E-state index is 1.69. The van der Waals surface area contributed by atoms with Crippen molar-refractivity contribution in [2.24, 2.45) is 0 Å². The van der Waals surface area contributed by atoms with Gasteiger partial charge in [0.1, 0.15) is 0 Å². The fraction of sp³-hybridized carbons (Fsp3) is 0. The summed E-state index contributed by atoms with van der Waals surface area (Å²) in [7, 11) is 0. The van der Waals surface area contributed by atoms with Crippen molar-refractivity contribution in [3.8, 4) is 4.29 Å². The molecule has 0 aromatic heterocycles. The molecule has 0 rings (SSSR count). The number of nitrogens with zero attached hydrogens (tertiary/aromatic N) is 1. The Morgan fingerprint density at radius 3 is 1.71 bits per heavy atom. The predicted molar refractivity (Wildman–Crippen MR) is 19.0 cm³/mol. The van der Waals surface area contributed by atoms with E-state index in [1.54, 1.807) is 25.4 Å². The van der Waals surface area contributed by atoms with Gasteiger partial charge in [0.2, 0.25) is 0 Å². The van der Waals surface area contributed by atoms with Gasteiger partial charge in [-0.1, -0.05) is 0 Å². The van der Waals surface area contributed by atoms with Crippen LogP contribution in [0.1, 0.15) is 0 Å². The number of hydrogen-bond acceptors (Lipinski definition) is 2. The summed E-state index contributed by atoms with van der Waals surface area (Å²) in [5.74, 6) is 0. The van der Waals surface area contributed by atoms with Crippen molar-refractivity contribution in [2.45, 2.75) is 0 Å². The first-order valence-corrected chi connectivity index (χ1v) is 3.05. The maximum atomic E-state index is 8.67. The molecule has 0 saturated heterocycles. The van der Waals surface area contributed by atoms with Crippen LogP contribution in [0, 0.1) is 9.55 Å². The van der Waals surface area contributed by atoms with Crippen molar-refractivity contribution < 1.29 is 34.4 Å². The minimum atomic E-state index is -2.61. The monoisotopic (exact) mass is 305 g/mol. The zero-order valence-corrected chi connectivity index (χ0v) is 5.94. The van der Waals surface area contributed by atoms with E-state index in [-0.39, 0.29) is 0 Å². The van der Waals surface area contributed by atoms with Gasteiger partial charge in [-0.25, -0.2) is 0 Å². The van der Waals surface area contributed by atoms with Crippen LogP contribution < -0.4 is 0 Å². The molecule has 0 heterocycles. The van der Waals surface area contributed by atoms with E-state index in [9.17, 15) is 0 Å². The Morgan fingerprint density at radius 1 is 1.71 bits per heavy atom. The third kappa shape index (κ3) is 1290. The van der Waals surface area contributed by atoms with Crippen molar-refractivity contribution in [3.63, 3.8) is 0 Å². The molecule has 0 aliphatic rings. The SMILES string of the molecule is N#[C][Au].O=S(O)O. The van der Waals surface area contributed by atoms with Gasteiger partial charge in [-0.3, -0.25) is 9.11 Å². The minimum Gasteiger partial charge on any atom is -0.284 e. The summed E-state index contributed by atoms with van der Waals surface area (Å²) >= 11 is -0.878. The molecule has 0 amide bonds. The predicted octanol–water partition coefficient (Wildman–Crippen LogP) is -0.305. The van der Waals surface area contributed by atoms with Gasteiger partial charge in [0, 0.05) is 0 Å². The second-order valence-corrected chi connectivity index (χ2v) is 1.24. The summed E-state index contributed by atoms with van der Waals surface area (Å²) < 4.78 is 24.5. The number of nitriles is 1. The van der Waals surface area contributed by atoms with E-state index in [4.69, 9.17) is 18.6 Å². The summed E-state index contributed by atoms with van der Waals surface area (Å²) in [6, 6.07) is 0. The average Bonchev–Trinajstić information content (AvgIpc) is 1.33. The maximum Gasteiger partial charge on any atom is 0.299 e. The number of hydrogen-bond donors (Lipinski definition) is 2. The van der Waals surface area contributed by atoms with Gasteiger partial charge in [-0.2, -0.15) is 4.21 Å². The van der Waals surface area contributed by atoms with Crippen molar-refractivity contribution in [1.82, 2.24) is 0 Å². The van der Waals surface area contributed by atoms with Crippen molar-refractivity contribution in [1.29, 1.82) is 5.26 Å². The molecule has 0 radical (unpaired) electrons. The second kappa shape index (κ2) is 9.57. The molecule has 46 valence electrons. The van der Waals surface area contributed by atoms with Crippen LogP contribution in [-0.2, 0) is 32.4 Å². The summed E-state index contributed by atoms with van der Waals surface area (Å²) in [5.41, 5.74) is 0. The van der Waals surface area contributed by atoms with Crippen LogP contribution >= 0.6 is 0 Å². The van der Waals surface area contributed by atoms with E-state index in [1.165, 1.54) is 0 Å². The van der Waals surface area contributed by atoms with Gasteiger partial charge >= 0.3 is 30.6 Å². The quantitative estimate of drug-likeness (QED) is 0.475. The smallest absolute Gasteiger partial charge is 0.284 e. The van der Waals surface area contributed by atoms with E-state index in [1.807, 2.05) is 0 Å². The van der Waals surface area contributed by atoms with Crippen LogP contribution in [0.25, 0.3) is 0 Å². The fourth-order valence-corrected chi connectivity index (χ4v) is 0. The first-order valence-electron chi connectivity index (χ1n) is 0.906. The van der Waals surface area contributed by atoms with E-state index in [0.717, 1.165) is 0 Å². The fourth-order valence-electron chi connectivity index (χ4n) is 0. The molecule has 0 bridgehead atoms. The molecule has 0 fully saturated rings. The molecule has 0 aliphatic heterocycles. The van der Waals surface area contributed by atoms with E-state index in [0.29, 0.717) is 0 Å². The molecule has 0 aromatic rings. The summed E-state index contributed by atoms with van der Waals surface area (Å²) in [4.78, 5) is 0. The Balaban J connectivity index is 0. The van der Waals surface area contributed by atoms with E-state index < -0.39 is 11.4 Å². The maximum absolute atomic E-state index is 8.67. The topological polar surface area (TPSA) is 81.3 Å². The Hall–Kier alpha value is 0.300. The number of rotatable bonds is 0. The summed E-state index contributed by atoms with van der Waals surface area (Å²) in [6.45, 7) is 0. The molecule has 0 atom stereocenters. The van der Waals surface area contributed by atoms with Crippen molar-refractivity contribution >= 4 is 11.4 Å². The summed E-state index contributed by atoms with van der Waals surface area (Å²) in [6.07, 6.45) is 0. The first kappa shape index (κ1) is 10.3. The zero-order valence-electron chi connectivity index (χ0n) is 2.96. The normalized spacial score (nSPS) is 6.29.